The first-order valence-corrected chi connectivity index (χ1v) is 6.47. The zero-order valence-corrected chi connectivity index (χ0v) is 11.9. The Morgan fingerprint density at radius 3 is 2.94 bits per heavy atom. The lowest BCUT2D eigenvalue weighted by molar-refractivity contribution is 0.414. The maximum atomic E-state index is 5.21. The molecule has 2 aromatic rings. The van der Waals surface area contributed by atoms with Gasteiger partial charge in [0.1, 0.15) is 17.9 Å². The van der Waals surface area contributed by atoms with E-state index in [0.717, 1.165) is 28.3 Å². The molecule has 0 spiro atoms. The summed E-state index contributed by atoms with van der Waals surface area (Å²) in [6.45, 7) is 3.49. The summed E-state index contributed by atoms with van der Waals surface area (Å²) >= 11 is 3.45. The normalized spacial score (nSPS) is 10.4. The van der Waals surface area contributed by atoms with Crippen LogP contribution in [0.3, 0.4) is 0 Å². The molecule has 0 bridgehead atoms. The van der Waals surface area contributed by atoms with Crippen molar-refractivity contribution in [3.05, 3.63) is 34.8 Å². The summed E-state index contributed by atoms with van der Waals surface area (Å²) in [7, 11) is 1.65. The molecule has 0 fully saturated rings. The fourth-order valence-electron chi connectivity index (χ4n) is 1.65. The topological polar surface area (TPSA) is 52.0 Å². The second-order valence-corrected chi connectivity index (χ2v) is 4.64. The predicted molar refractivity (Wildman–Crippen MR) is 73.7 cm³/mol. The summed E-state index contributed by atoms with van der Waals surface area (Å²) in [6, 6.07) is 5.85. The highest BCUT2D eigenvalue weighted by Crippen LogP contribution is 2.24. The number of hydrogen-bond acceptors (Lipinski definition) is 4. The number of ether oxygens (including phenoxy) is 1. The minimum atomic E-state index is 0.632. The second kappa shape index (κ2) is 5.86. The van der Waals surface area contributed by atoms with E-state index in [0.29, 0.717) is 6.54 Å². The number of halogens is 1. The molecule has 1 aromatic heterocycles. The van der Waals surface area contributed by atoms with E-state index in [4.69, 9.17) is 4.74 Å². The molecule has 18 heavy (non-hydrogen) atoms. The van der Waals surface area contributed by atoms with Crippen LogP contribution in [-0.4, -0.2) is 21.9 Å². The van der Waals surface area contributed by atoms with Crippen LogP contribution in [0.25, 0.3) is 0 Å². The Morgan fingerprint density at radius 2 is 2.22 bits per heavy atom. The monoisotopic (exact) mass is 310 g/mol. The number of nitrogens with one attached hydrogen (secondary N) is 1. The molecule has 1 aromatic carbocycles. The number of hydrogen-bond donors (Lipinski definition) is 1. The first kappa shape index (κ1) is 12.9. The molecular weight excluding hydrogens is 296 g/mol. The molecule has 0 aliphatic heterocycles. The van der Waals surface area contributed by atoms with Crippen molar-refractivity contribution in [1.82, 2.24) is 14.8 Å². The molecule has 1 N–H and O–H groups in total. The van der Waals surface area contributed by atoms with E-state index in [1.165, 1.54) is 0 Å². The Morgan fingerprint density at radius 1 is 1.39 bits per heavy atom. The van der Waals surface area contributed by atoms with Crippen LogP contribution in [0.15, 0.2) is 29.0 Å². The van der Waals surface area contributed by atoms with Crippen molar-refractivity contribution in [1.29, 1.82) is 0 Å². The zero-order chi connectivity index (χ0) is 13.0. The van der Waals surface area contributed by atoms with Gasteiger partial charge in [0.05, 0.1) is 13.7 Å². The fourth-order valence-corrected chi connectivity index (χ4v) is 2.13. The van der Waals surface area contributed by atoms with Crippen LogP contribution in [0.2, 0.25) is 0 Å². The number of rotatable bonds is 5. The summed E-state index contributed by atoms with van der Waals surface area (Å²) in [4.78, 5) is 4.21. The van der Waals surface area contributed by atoms with Gasteiger partial charge in [-0.1, -0.05) is 15.9 Å². The Bertz CT molecular complexity index is 527. The van der Waals surface area contributed by atoms with Crippen LogP contribution in [-0.2, 0) is 13.1 Å². The third-order valence-electron chi connectivity index (χ3n) is 2.55. The van der Waals surface area contributed by atoms with Gasteiger partial charge in [-0.25, -0.2) is 9.67 Å². The van der Waals surface area contributed by atoms with Gasteiger partial charge in [0, 0.05) is 22.8 Å². The van der Waals surface area contributed by atoms with Crippen molar-refractivity contribution in [2.75, 3.05) is 12.4 Å². The molecule has 0 aliphatic rings. The quantitative estimate of drug-likeness (QED) is 0.922. The standard InChI is InChI=1S/C12H15BrN4O/c1-3-17-12(15-8-16-17)7-14-10-4-9(13)5-11(6-10)18-2/h4-6,8,14H,3,7H2,1-2H3. The van der Waals surface area contributed by atoms with E-state index in [9.17, 15) is 0 Å². The van der Waals surface area contributed by atoms with E-state index in [2.05, 4.69) is 31.3 Å². The lowest BCUT2D eigenvalue weighted by Gasteiger charge is -2.09. The highest BCUT2D eigenvalue weighted by Gasteiger charge is 2.04. The summed E-state index contributed by atoms with van der Waals surface area (Å²) in [5.74, 6) is 1.72. The molecule has 6 heteroatoms. The Kier molecular flexibility index (Phi) is 4.19. The van der Waals surface area contributed by atoms with Gasteiger partial charge in [0.25, 0.3) is 0 Å². The Labute approximate surface area is 114 Å². The molecule has 0 saturated carbocycles. The summed E-state index contributed by atoms with van der Waals surface area (Å²) in [6.07, 6.45) is 1.57. The van der Waals surface area contributed by atoms with Crippen LogP contribution in [0.5, 0.6) is 5.75 Å². The van der Waals surface area contributed by atoms with Crippen LogP contribution in [0, 0.1) is 0 Å². The summed E-state index contributed by atoms with van der Waals surface area (Å²) in [5.41, 5.74) is 0.979. The van der Waals surface area contributed by atoms with E-state index < -0.39 is 0 Å². The molecule has 1 heterocycles. The molecule has 0 atom stereocenters. The molecule has 5 nitrogen and oxygen atoms in total. The second-order valence-electron chi connectivity index (χ2n) is 3.73. The number of anilines is 1. The first-order chi connectivity index (χ1) is 8.72. The maximum absolute atomic E-state index is 5.21. The number of methoxy groups -OCH3 is 1. The van der Waals surface area contributed by atoms with Crippen molar-refractivity contribution in [2.24, 2.45) is 0 Å². The minimum absolute atomic E-state index is 0.632. The Hall–Kier alpha value is -1.56. The molecule has 0 amide bonds. The SMILES string of the molecule is CCn1ncnc1CNc1cc(Br)cc(OC)c1. The zero-order valence-electron chi connectivity index (χ0n) is 10.4. The molecule has 0 radical (unpaired) electrons. The third-order valence-corrected chi connectivity index (χ3v) is 3.01. The molecule has 0 unspecified atom stereocenters. The van der Waals surface area contributed by atoms with Gasteiger partial charge in [0.2, 0.25) is 0 Å². The van der Waals surface area contributed by atoms with Crippen molar-refractivity contribution >= 4 is 21.6 Å². The lowest BCUT2D eigenvalue weighted by atomic mass is 10.3. The number of nitrogens with zero attached hydrogens (tertiary/aromatic N) is 3. The van der Waals surface area contributed by atoms with Gasteiger partial charge in [-0.2, -0.15) is 5.10 Å². The highest BCUT2D eigenvalue weighted by atomic mass is 79.9. The molecule has 2 rings (SSSR count). The first-order valence-electron chi connectivity index (χ1n) is 5.68. The molecule has 0 saturated heterocycles. The van der Waals surface area contributed by atoms with E-state index in [1.54, 1.807) is 13.4 Å². The number of benzene rings is 1. The van der Waals surface area contributed by atoms with Crippen LogP contribution in [0.1, 0.15) is 12.7 Å². The van der Waals surface area contributed by atoms with E-state index >= 15 is 0 Å². The van der Waals surface area contributed by atoms with Crippen molar-refractivity contribution in [3.63, 3.8) is 0 Å². The fraction of sp³-hybridized carbons (Fsp3) is 0.333. The van der Waals surface area contributed by atoms with Gasteiger partial charge in [-0.15, -0.1) is 0 Å². The predicted octanol–water partition coefficient (Wildman–Crippen LogP) is 2.68. The van der Waals surface area contributed by atoms with E-state index in [-0.39, 0.29) is 0 Å². The van der Waals surface area contributed by atoms with Crippen LogP contribution >= 0.6 is 15.9 Å². The lowest BCUT2D eigenvalue weighted by Crippen LogP contribution is -2.09. The van der Waals surface area contributed by atoms with Gasteiger partial charge >= 0.3 is 0 Å². The van der Waals surface area contributed by atoms with Gasteiger partial charge in [-0.05, 0) is 19.1 Å². The summed E-state index contributed by atoms with van der Waals surface area (Å²) < 4.78 is 8.05. The van der Waals surface area contributed by atoms with Gasteiger partial charge in [-0.3, -0.25) is 0 Å². The van der Waals surface area contributed by atoms with Gasteiger partial charge < -0.3 is 10.1 Å². The molecule has 0 aliphatic carbocycles. The maximum Gasteiger partial charge on any atom is 0.146 e. The van der Waals surface area contributed by atoms with Crippen LogP contribution in [0.4, 0.5) is 5.69 Å². The minimum Gasteiger partial charge on any atom is -0.497 e. The number of aryl methyl sites for hydroxylation is 1. The summed E-state index contributed by atoms with van der Waals surface area (Å²) in [5, 5.41) is 7.43. The van der Waals surface area contributed by atoms with E-state index in [1.807, 2.05) is 29.8 Å². The van der Waals surface area contributed by atoms with Crippen molar-refractivity contribution < 1.29 is 4.74 Å². The molecular formula is C12H15BrN4O. The number of aromatic nitrogens is 3. The van der Waals surface area contributed by atoms with Crippen LogP contribution < -0.4 is 10.1 Å². The average molecular weight is 311 g/mol. The highest BCUT2D eigenvalue weighted by molar-refractivity contribution is 9.10. The van der Waals surface area contributed by atoms with Crippen molar-refractivity contribution in [2.45, 2.75) is 20.0 Å². The van der Waals surface area contributed by atoms with Crippen molar-refractivity contribution in [3.8, 4) is 5.75 Å². The average Bonchev–Trinajstić information content (AvgIpc) is 2.83. The third kappa shape index (κ3) is 3.01. The molecule has 96 valence electrons. The van der Waals surface area contributed by atoms with Gasteiger partial charge in [0.15, 0.2) is 0 Å². The largest absolute Gasteiger partial charge is 0.497 e. The Balaban J connectivity index is 2.08. The smallest absolute Gasteiger partial charge is 0.146 e.